The van der Waals surface area contributed by atoms with Gasteiger partial charge in [-0.25, -0.2) is 0 Å². The van der Waals surface area contributed by atoms with Crippen molar-refractivity contribution in [2.24, 2.45) is 5.92 Å². The van der Waals surface area contributed by atoms with Gasteiger partial charge < -0.3 is 19.7 Å². The van der Waals surface area contributed by atoms with Crippen molar-refractivity contribution < 1.29 is 14.3 Å². The summed E-state index contributed by atoms with van der Waals surface area (Å²) in [4.78, 5) is 19.3. The third kappa shape index (κ3) is 5.38. The second-order valence-electron chi connectivity index (χ2n) is 8.09. The number of hydrogen-bond acceptors (Lipinski definition) is 5. The zero-order valence-corrected chi connectivity index (χ0v) is 18.6. The third-order valence-electron chi connectivity index (χ3n) is 5.54. The molecule has 2 heterocycles. The van der Waals surface area contributed by atoms with Gasteiger partial charge in [-0.05, 0) is 67.8 Å². The Morgan fingerprint density at radius 3 is 2.66 bits per heavy atom. The number of amides is 1. The first-order chi connectivity index (χ1) is 15.6. The number of hydrogen-bond donors (Lipinski definition) is 1. The minimum absolute atomic E-state index is 0.188. The molecule has 0 aliphatic carbocycles. The maximum absolute atomic E-state index is 12.8. The molecule has 1 atom stereocenters. The first-order valence-electron chi connectivity index (χ1n) is 11.1. The van der Waals surface area contributed by atoms with Crippen LogP contribution < -0.4 is 19.7 Å². The van der Waals surface area contributed by atoms with Gasteiger partial charge in [0.05, 0.1) is 6.61 Å². The summed E-state index contributed by atoms with van der Waals surface area (Å²) in [6.07, 6.45) is 4.71. The van der Waals surface area contributed by atoms with Gasteiger partial charge in [0.1, 0.15) is 6.61 Å². The van der Waals surface area contributed by atoms with Crippen LogP contribution in [0.2, 0.25) is 0 Å². The molecule has 0 radical (unpaired) electrons. The lowest BCUT2D eigenvalue weighted by atomic mass is 10.1. The normalized spacial score (nSPS) is 15.4. The summed E-state index contributed by atoms with van der Waals surface area (Å²) in [6, 6.07) is 17.1. The number of nitrogens with one attached hydrogen (secondary N) is 1. The van der Waals surface area contributed by atoms with Gasteiger partial charge >= 0.3 is 0 Å². The highest BCUT2D eigenvalue weighted by Crippen LogP contribution is 2.30. The summed E-state index contributed by atoms with van der Waals surface area (Å²) in [6.45, 7) is 7.20. The number of anilines is 2. The first kappa shape index (κ1) is 21.7. The number of nitrogens with zero attached hydrogens (tertiary/aromatic N) is 2. The van der Waals surface area contributed by atoms with Crippen LogP contribution in [0.4, 0.5) is 11.4 Å². The van der Waals surface area contributed by atoms with Crippen molar-refractivity contribution in [1.29, 1.82) is 0 Å². The van der Waals surface area contributed by atoms with Gasteiger partial charge in [0.15, 0.2) is 11.5 Å². The molecule has 1 aliphatic heterocycles. The molecular formula is C26H29N3O3. The van der Waals surface area contributed by atoms with E-state index in [1.807, 2.05) is 31.2 Å². The Morgan fingerprint density at radius 2 is 1.97 bits per heavy atom. The number of carbonyl (C=O) groups is 1. The summed E-state index contributed by atoms with van der Waals surface area (Å²) in [7, 11) is 0. The van der Waals surface area contributed by atoms with Gasteiger partial charge in [0.2, 0.25) is 0 Å². The number of benzene rings is 2. The van der Waals surface area contributed by atoms with Crippen molar-refractivity contribution in [3.05, 3.63) is 78.1 Å². The average Bonchev–Trinajstić information content (AvgIpc) is 3.26. The number of carbonyl (C=O) groups excluding carboxylic acids is 1. The Labute approximate surface area is 189 Å². The van der Waals surface area contributed by atoms with E-state index >= 15 is 0 Å². The van der Waals surface area contributed by atoms with Crippen LogP contribution in [0.5, 0.6) is 11.5 Å². The van der Waals surface area contributed by atoms with Crippen LogP contribution in [0.1, 0.15) is 36.2 Å². The molecule has 32 heavy (non-hydrogen) atoms. The zero-order chi connectivity index (χ0) is 22.3. The van der Waals surface area contributed by atoms with E-state index in [4.69, 9.17) is 9.47 Å². The highest BCUT2D eigenvalue weighted by Gasteiger charge is 2.19. The van der Waals surface area contributed by atoms with E-state index in [2.05, 4.69) is 34.3 Å². The van der Waals surface area contributed by atoms with Crippen LogP contribution in [-0.4, -0.2) is 30.6 Å². The van der Waals surface area contributed by atoms with Gasteiger partial charge in [-0.3, -0.25) is 9.78 Å². The van der Waals surface area contributed by atoms with Gasteiger partial charge in [0, 0.05) is 48.0 Å². The van der Waals surface area contributed by atoms with Gasteiger partial charge in [-0.15, -0.1) is 0 Å². The summed E-state index contributed by atoms with van der Waals surface area (Å²) >= 11 is 0. The van der Waals surface area contributed by atoms with E-state index in [1.165, 1.54) is 12.1 Å². The largest absolute Gasteiger partial charge is 0.490 e. The zero-order valence-electron chi connectivity index (χ0n) is 18.6. The molecule has 1 aliphatic rings. The molecule has 1 amide bonds. The highest BCUT2D eigenvalue weighted by atomic mass is 16.5. The highest BCUT2D eigenvalue weighted by molar-refractivity contribution is 6.04. The van der Waals surface area contributed by atoms with Crippen LogP contribution in [0.3, 0.4) is 0 Å². The van der Waals surface area contributed by atoms with Crippen molar-refractivity contribution in [2.75, 3.05) is 29.9 Å². The summed E-state index contributed by atoms with van der Waals surface area (Å²) in [5.74, 6) is 1.68. The molecule has 1 fully saturated rings. The smallest absolute Gasteiger partial charge is 0.255 e. The molecule has 0 spiro atoms. The number of rotatable bonds is 8. The van der Waals surface area contributed by atoms with Crippen molar-refractivity contribution in [3.63, 3.8) is 0 Å². The van der Waals surface area contributed by atoms with E-state index in [-0.39, 0.29) is 5.91 Å². The SMILES string of the molecule is CCOc1cc(C(=O)Nc2ccc(N3CCC(C)C3)cc2)ccc1OCc1cccnc1. The van der Waals surface area contributed by atoms with Crippen molar-refractivity contribution in [1.82, 2.24) is 4.98 Å². The minimum Gasteiger partial charge on any atom is -0.490 e. The summed E-state index contributed by atoms with van der Waals surface area (Å²) in [5.41, 5.74) is 3.44. The van der Waals surface area contributed by atoms with E-state index in [0.717, 1.165) is 30.3 Å². The van der Waals surface area contributed by atoms with Gasteiger partial charge in [0.25, 0.3) is 5.91 Å². The quantitative estimate of drug-likeness (QED) is 0.534. The Hall–Kier alpha value is -3.54. The van der Waals surface area contributed by atoms with E-state index in [9.17, 15) is 4.79 Å². The predicted molar refractivity (Wildman–Crippen MR) is 127 cm³/mol. The van der Waals surface area contributed by atoms with E-state index in [1.54, 1.807) is 30.6 Å². The molecule has 4 rings (SSSR count). The maximum Gasteiger partial charge on any atom is 0.255 e. The Balaban J connectivity index is 1.42. The fourth-order valence-electron chi connectivity index (χ4n) is 3.81. The van der Waals surface area contributed by atoms with Crippen LogP contribution in [0.25, 0.3) is 0 Å². The second-order valence-corrected chi connectivity index (χ2v) is 8.09. The molecule has 2 aromatic carbocycles. The molecule has 1 unspecified atom stereocenters. The van der Waals surface area contributed by atoms with Crippen molar-refractivity contribution in [2.45, 2.75) is 26.9 Å². The maximum atomic E-state index is 12.8. The lowest BCUT2D eigenvalue weighted by molar-refractivity contribution is 0.102. The van der Waals surface area contributed by atoms with Crippen LogP contribution in [0, 0.1) is 5.92 Å². The molecule has 6 heteroatoms. The molecule has 166 valence electrons. The molecular weight excluding hydrogens is 402 g/mol. The number of pyridine rings is 1. The Bertz CT molecular complexity index is 1040. The first-order valence-corrected chi connectivity index (χ1v) is 11.1. The molecule has 1 saturated heterocycles. The van der Waals surface area contributed by atoms with E-state index < -0.39 is 0 Å². The lowest BCUT2D eigenvalue weighted by Crippen LogP contribution is -2.19. The average molecular weight is 432 g/mol. The van der Waals surface area contributed by atoms with Gasteiger partial charge in [-0.2, -0.15) is 0 Å². The molecule has 0 bridgehead atoms. The fraction of sp³-hybridized carbons (Fsp3) is 0.308. The van der Waals surface area contributed by atoms with E-state index in [0.29, 0.717) is 30.3 Å². The summed E-state index contributed by atoms with van der Waals surface area (Å²) in [5, 5.41) is 2.97. The lowest BCUT2D eigenvalue weighted by Gasteiger charge is -2.18. The van der Waals surface area contributed by atoms with Gasteiger partial charge in [-0.1, -0.05) is 13.0 Å². The Morgan fingerprint density at radius 1 is 1.12 bits per heavy atom. The van der Waals surface area contributed by atoms with Crippen LogP contribution >= 0.6 is 0 Å². The number of ether oxygens (including phenoxy) is 2. The standard InChI is InChI=1S/C26H29N3O3/c1-3-31-25-15-21(6-11-24(25)32-18-20-5-4-13-27-16-20)26(30)28-22-7-9-23(10-8-22)29-14-12-19(2)17-29/h4-11,13,15-16,19H,3,12,14,17-18H2,1-2H3,(H,28,30). The third-order valence-corrected chi connectivity index (χ3v) is 5.54. The molecule has 0 saturated carbocycles. The Kier molecular flexibility index (Phi) is 6.90. The molecule has 1 aromatic heterocycles. The van der Waals surface area contributed by atoms with Crippen LogP contribution in [0.15, 0.2) is 67.0 Å². The summed E-state index contributed by atoms with van der Waals surface area (Å²) < 4.78 is 11.6. The van der Waals surface area contributed by atoms with Crippen LogP contribution in [-0.2, 0) is 6.61 Å². The fourth-order valence-corrected chi connectivity index (χ4v) is 3.81. The minimum atomic E-state index is -0.188. The number of aromatic nitrogens is 1. The monoisotopic (exact) mass is 431 g/mol. The molecule has 6 nitrogen and oxygen atoms in total. The molecule has 1 N–H and O–H groups in total. The van der Waals surface area contributed by atoms with Crippen molar-refractivity contribution >= 4 is 17.3 Å². The molecule has 3 aromatic rings. The second kappa shape index (κ2) is 10.2. The predicted octanol–water partition coefficient (Wildman–Crippen LogP) is 5.16. The van der Waals surface area contributed by atoms with Crippen molar-refractivity contribution in [3.8, 4) is 11.5 Å². The topological polar surface area (TPSA) is 63.7 Å².